The van der Waals surface area contributed by atoms with Crippen LogP contribution in [0, 0.1) is 0 Å². The van der Waals surface area contributed by atoms with Crippen molar-refractivity contribution in [3.8, 4) is 11.5 Å². The van der Waals surface area contributed by atoms with E-state index >= 15 is 0 Å². The Morgan fingerprint density at radius 1 is 1.03 bits per heavy atom. The molecule has 1 atom stereocenters. The van der Waals surface area contributed by atoms with Crippen LogP contribution in [0.1, 0.15) is 41.2 Å². The smallest absolute Gasteiger partial charge is 0.251 e. The second-order valence-corrected chi connectivity index (χ2v) is 7.88. The Hall–Kier alpha value is -1.95. The Morgan fingerprint density at radius 2 is 1.66 bits per heavy atom. The maximum atomic E-state index is 12.8. The molecule has 1 unspecified atom stereocenters. The molecule has 0 aromatic heterocycles. The molecule has 1 heterocycles. The number of rotatable bonds is 7. The number of nitrogens with one attached hydrogen (secondary N) is 1. The van der Waals surface area contributed by atoms with Crippen LogP contribution in [0.15, 0.2) is 36.4 Å². The Balaban J connectivity index is 1.76. The van der Waals surface area contributed by atoms with Crippen molar-refractivity contribution in [2.75, 3.05) is 33.9 Å². The third kappa shape index (κ3) is 5.35. The van der Waals surface area contributed by atoms with E-state index < -0.39 is 0 Å². The molecule has 0 bridgehead atoms. The number of piperidine rings is 1. The van der Waals surface area contributed by atoms with Gasteiger partial charge in [-0.3, -0.25) is 9.69 Å². The van der Waals surface area contributed by atoms with Gasteiger partial charge in [-0.15, -0.1) is 0 Å². The first kappa shape index (κ1) is 21.8. The minimum absolute atomic E-state index is 0.0920. The quantitative estimate of drug-likeness (QED) is 0.665. The summed E-state index contributed by atoms with van der Waals surface area (Å²) in [6.07, 6.45) is 3.59. The van der Waals surface area contributed by atoms with E-state index in [2.05, 4.69) is 22.3 Å². The van der Waals surface area contributed by atoms with Crippen LogP contribution in [0.25, 0.3) is 0 Å². The molecule has 5 nitrogen and oxygen atoms in total. The van der Waals surface area contributed by atoms with Crippen molar-refractivity contribution in [2.45, 2.75) is 25.3 Å². The van der Waals surface area contributed by atoms with Crippen molar-refractivity contribution in [3.63, 3.8) is 0 Å². The predicted molar refractivity (Wildman–Crippen MR) is 117 cm³/mol. The van der Waals surface area contributed by atoms with E-state index in [0.717, 1.165) is 24.4 Å². The number of carbonyl (C=O) groups excluding carboxylic acids is 1. The fraction of sp³-hybridized carbons (Fsp3) is 0.409. The molecule has 3 rings (SSSR count). The van der Waals surface area contributed by atoms with E-state index in [-0.39, 0.29) is 11.9 Å². The van der Waals surface area contributed by atoms with Gasteiger partial charge >= 0.3 is 0 Å². The largest absolute Gasteiger partial charge is 0.497 e. The minimum atomic E-state index is -0.216. The van der Waals surface area contributed by atoms with Crippen LogP contribution >= 0.6 is 23.2 Å². The maximum absolute atomic E-state index is 12.8. The first-order valence-electron chi connectivity index (χ1n) is 9.72. The zero-order valence-electron chi connectivity index (χ0n) is 16.7. The highest BCUT2D eigenvalue weighted by Gasteiger charge is 2.23. The Kier molecular flexibility index (Phi) is 7.64. The molecular formula is C22H26Cl2N2O3. The first-order valence-corrected chi connectivity index (χ1v) is 10.5. The molecule has 7 heteroatoms. The normalized spacial score (nSPS) is 15.6. The average molecular weight is 437 g/mol. The van der Waals surface area contributed by atoms with E-state index in [0.29, 0.717) is 27.9 Å². The number of amides is 1. The first-order chi connectivity index (χ1) is 14.0. The van der Waals surface area contributed by atoms with Gasteiger partial charge in [-0.1, -0.05) is 41.8 Å². The van der Waals surface area contributed by atoms with Gasteiger partial charge < -0.3 is 14.8 Å². The van der Waals surface area contributed by atoms with Gasteiger partial charge in [0, 0.05) is 12.1 Å². The van der Waals surface area contributed by atoms with E-state index in [1.54, 1.807) is 19.2 Å². The molecule has 1 saturated heterocycles. The second-order valence-electron chi connectivity index (χ2n) is 7.07. The lowest BCUT2D eigenvalue weighted by Crippen LogP contribution is -2.40. The van der Waals surface area contributed by atoms with Crippen molar-refractivity contribution in [2.24, 2.45) is 0 Å². The summed E-state index contributed by atoms with van der Waals surface area (Å²) >= 11 is 12.4. The zero-order valence-corrected chi connectivity index (χ0v) is 18.2. The molecule has 0 spiro atoms. The second kappa shape index (κ2) is 10.2. The number of methoxy groups -OCH3 is 2. The van der Waals surface area contributed by atoms with Crippen molar-refractivity contribution in [1.29, 1.82) is 0 Å². The maximum Gasteiger partial charge on any atom is 0.251 e. The van der Waals surface area contributed by atoms with Crippen LogP contribution in [0.2, 0.25) is 10.0 Å². The SMILES string of the molecule is COc1ccc(C(CNC(=O)c2cc(Cl)c(OC)c(Cl)c2)N2CCCCC2)cc1. The summed E-state index contributed by atoms with van der Waals surface area (Å²) in [5.41, 5.74) is 1.56. The Morgan fingerprint density at radius 3 is 2.21 bits per heavy atom. The van der Waals surface area contributed by atoms with E-state index in [4.69, 9.17) is 32.7 Å². The lowest BCUT2D eigenvalue weighted by Gasteiger charge is -2.35. The van der Waals surface area contributed by atoms with E-state index in [1.807, 2.05) is 12.1 Å². The minimum Gasteiger partial charge on any atom is -0.497 e. The summed E-state index contributed by atoms with van der Waals surface area (Å²) in [7, 11) is 3.15. The lowest BCUT2D eigenvalue weighted by atomic mass is 10.0. The van der Waals surface area contributed by atoms with Gasteiger partial charge in [0.25, 0.3) is 5.91 Å². The van der Waals surface area contributed by atoms with Crippen LogP contribution in [0.4, 0.5) is 0 Å². The monoisotopic (exact) mass is 436 g/mol. The van der Waals surface area contributed by atoms with Gasteiger partial charge in [0.05, 0.1) is 30.3 Å². The number of hydrogen-bond acceptors (Lipinski definition) is 4. The van der Waals surface area contributed by atoms with Crippen molar-refractivity contribution < 1.29 is 14.3 Å². The summed E-state index contributed by atoms with van der Waals surface area (Å²) in [6, 6.07) is 11.3. The highest BCUT2D eigenvalue weighted by atomic mass is 35.5. The number of carbonyl (C=O) groups is 1. The van der Waals surface area contributed by atoms with Crippen molar-refractivity contribution >= 4 is 29.1 Å². The highest BCUT2D eigenvalue weighted by molar-refractivity contribution is 6.37. The number of benzene rings is 2. The van der Waals surface area contributed by atoms with Crippen LogP contribution < -0.4 is 14.8 Å². The molecule has 1 aliphatic heterocycles. The molecule has 156 valence electrons. The number of halogens is 2. The summed E-state index contributed by atoms with van der Waals surface area (Å²) in [5.74, 6) is 0.971. The Bertz CT molecular complexity index is 813. The number of ether oxygens (including phenoxy) is 2. The average Bonchev–Trinajstić information content (AvgIpc) is 2.74. The fourth-order valence-corrected chi connectivity index (χ4v) is 4.33. The molecular weight excluding hydrogens is 411 g/mol. The summed E-state index contributed by atoms with van der Waals surface area (Å²) in [5, 5.41) is 3.67. The van der Waals surface area contributed by atoms with Gasteiger partial charge in [-0.2, -0.15) is 0 Å². The van der Waals surface area contributed by atoms with Gasteiger partial charge in [-0.05, 0) is 55.8 Å². The summed E-state index contributed by atoms with van der Waals surface area (Å²) in [6.45, 7) is 2.53. The molecule has 0 aliphatic carbocycles. The van der Waals surface area contributed by atoms with Crippen LogP contribution in [0.3, 0.4) is 0 Å². The van der Waals surface area contributed by atoms with Crippen molar-refractivity contribution in [3.05, 3.63) is 57.6 Å². The predicted octanol–water partition coefficient (Wildman–Crippen LogP) is 4.97. The van der Waals surface area contributed by atoms with Gasteiger partial charge in [0.1, 0.15) is 5.75 Å². The molecule has 2 aromatic rings. The third-order valence-electron chi connectivity index (χ3n) is 5.25. The van der Waals surface area contributed by atoms with E-state index in [9.17, 15) is 4.79 Å². The van der Waals surface area contributed by atoms with Gasteiger partial charge in [-0.25, -0.2) is 0 Å². The molecule has 0 saturated carbocycles. The topological polar surface area (TPSA) is 50.8 Å². The molecule has 29 heavy (non-hydrogen) atoms. The number of likely N-dealkylation sites (tertiary alicyclic amines) is 1. The summed E-state index contributed by atoms with van der Waals surface area (Å²) in [4.78, 5) is 15.2. The van der Waals surface area contributed by atoms with Gasteiger partial charge in [0.2, 0.25) is 0 Å². The highest BCUT2D eigenvalue weighted by Crippen LogP contribution is 2.34. The number of nitrogens with zero attached hydrogens (tertiary/aromatic N) is 1. The zero-order chi connectivity index (χ0) is 20.8. The van der Waals surface area contributed by atoms with Crippen LogP contribution in [-0.4, -0.2) is 44.7 Å². The molecule has 1 aliphatic rings. The summed E-state index contributed by atoms with van der Waals surface area (Å²) < 4.78 is 10.4. The molecule has 1 N–H and O–H groups in total. The van der Waals surface area contributed by atoms with Crippen LogP contribution in [0.5, 0.6) is 11.5 Å². The molecule has 1 amide bonds. The lowest BCUT2D eigenvalue weighted by molar-refractivity contribution is 0.0924. The molecule has 2 aromatic carbocycles. The standard InChI is InChI=1S/C22H26Cl2N2O3/c1-28-17-8-6-15(7-9-17)20(26-10-4-3-5-11-26)14-25-22(27)16-12-18(23)21(29-2)19(24)13-16/h6-9,12-13,20H,3-5,10-11,14H2,1-2H3,(H,25,27). The molecule has 0 radical (unpaired) electrons. The van der Waals surface area contributed by atoms with Gasteiger partial charge in [0.15, 0.2) is 5.75 Å². The van der Waals surface area contributed by atoms with E-state index in [1.165, 1.54) is 26.4 Å². The Labute approximate surface area is 181 Å². The molecule has 1 fully saturated rings. The fourth-order valence-electron chi connectivity index (χ4n) is 3.69. The van der Waals surface area contributed by atoms with Crippen molar-refractivity contribution in [1.82, 2.24) is 10.2 Å². The van der Waals surface area contributed by atoms with Crippen LogP contribution in [-0.2, 0) is 0 Å². The third-order valence-corrected chi connectivity index (χ3v) is 5.81. The number of hydrogen-bond donors (Lipinski definition) is 1.